The molecule has 0 saturated heterocycles. The van der Waals surface area contributed by atoms with E-state index in [0.717, 1.165) is 43.3 Å². The number of aliphatic imine (C=N–C) groups is 1. The van der Waals surface area contributed by atoms with E-state index >= 15 is 0 Å². The summed E-state index contributed by atoms with van der Waals surface area (Å²) >= 11 is 0. The summed E-state index contributed by atoms with van der Waals surface area (Å²) in [5.74, 6) is 1.75. The molecule has 0 aliphatic carbocycles. The van der Waals surface area contributed by atoms with Crippen LogP contribution >= 0.6 is 24.0 Å². The Morgan fingerprint density at radius 3 is 2.46 bits per heavy atom. The van der Waals surface area contributed by atoms with E-state index in [2.05, 4.69) is 53.2 Å². The summed E-state index contributed by atoms with van der Waals surface area (Å²) in [4.78, 5) is 6.49. The molecule has 1 heterocycles. The van der Waals surface area contributed by atoms with Gasteiger partial charge in [0.1, 0.15) is 12.4 Å². The number of guanidine groups is 1. The standard InChI is InChI=1S/C21H33N5O.HI/c1-7-19-18(20(8-2)26(6)24-19)15-23-21(22-4)25(5)13-14-27-17-11-9-16(3)10-12-17;/h9-12H,7-8,13-15H2,1-6H3,(H,22,23);1H. The minimum Gasteiger partial charge on any atom is -0.492 e. The van der Waals surface area contributed by atoms with Gasteiger partial charge in [0, 0.05) is 38.9 Å². The Morgan fingerprint density at radius 1 is 1.21 bits per heavy atom. The molecule has 0 spiro atoms. The summed E-state index contributed by atoms with van der Waals surface area (Å²) in [5.41, 5.74) is 4.95. The first-order chi connectivity index (χ1) is 13.0. The van der Waals surface area contributed by atoms with Crippen LogP contribution in [0.3, 0.4) is 0 Å². The molecule has 0 atom stereocenters. The fourth-order valence-electron chi connectivity index (χ4n) is 3.19. The third kappa shape index (κ3) is 6.39. The third-order valence-electron chi connectivity index (χ3n) is 4.74. The lowest BCUT2D eigenvalue weighted by Gasteiger charge is -2.22. The Hall–Kier alpha value is -1.77. The van der Waals surface area contributed by atoms with Crippen LogP contribution in [-0.4, -0.2) is 47.9 Å². The molecule has 6 nitrogen and oxygen atoms in total. The average molecular weight is 499 g/mol. The van der Waals surface area contributed by atoms with Crippen molar-refractivity contribution < 1.29 is 4.74 Å². The fourth-order valence-corrected chi connectivity index (χ4v) is 3.19. The number of halogens is 1. The number of nitrogens with one attached hydrogen (secondary N) is 1. The van der Waals surface area contributed by atoms with Gasteiger partial charge in [-0.15, -0.1) is 24.0 Å². The van der Waals surface area contributed by atoms with Gasteiger partial charge in [-0.1, -0.05) is 31.5 Å². The predicted octanol–water partition coefficient (Wildman–Crippen LogP) is 3.56. The Kier molecular flexibility index (Phi) is 10.3. The second-order valence-electron chi connectivity index (χ2n) is 6.69. The van der Waals surface area contributed by atoms with Crippen LogP contribution in [0.5, 0.6) is 5.75 Å². The van der Waals surface area contributed by atoms with E-state index in [9.17, 15) is 0 Å². The minimum atomic E-state index is 0. The zero-order valence-corrected chi connectivity index (χ0v) is 20.3. The van der Waals surface area contributed by atoms with Gasteiger partial charge < -0.3 is 15.0 Å². The highest BCUT2D eigenvalue weighted by molar-refractivity contribution is 14.0. The van der Waals surface area contributed by atoms with Crippen molar-refractivity contribution in [3.8, 4) is 5.75 Å². The Balaban J connectivity index is 0.00000392. The molecule has 156 valence electrons. The maximum atomic E-state index is 5.83. The van der Waals surface area contributed by atoms with Crippen molar-refractivity contribution >= 4 is 29.9 Å². The molecule has 0 amide bonds. The second-order valence-corrected chi connectivity index (χ2v) is 6.69. The molecule has 0 aliphatic heterocycles. The normalized spacial score (nSPS) is 11.1. The number of aromatic nitrogens is 2. The summed E-state index contributed by atoms with van der Waals surface area (Å²) in [5, 5.41) is 8.11. The number of nitrogens with zero attached hydrogens (tertiary/aromatic N) is 4. The SMILES string of the molecule is CCc1nn(C)c(CC)c1CNC(=NC)N(C)CCOc1ccc(C)cc1.I. The summed E-state index contributed by atoms with van der Waals surface area (Å²) in [6, 6.07) is 8.13. The predicted molar refractivity (Wildman–Crippen MR) is 127 cm³/mol. The molecule has 1 N–H and O–H groups in total. The lowest BCUT2D eigenvalue weighted by Crippen LogP contribution is -2.40. The molecule has 0 saturated carbocycles. The van der Waals surface area contributed by atoms with Gasteiger partial charge in [-0.05, 0) is 31.9 Å². The smallest absolute Gasteiger partial charge is 0.193 e. The number of rotatable bonds is 8. The van der Waals surface area contributed by atoms with Crippen LogP contribution in [0.4, 0.5) is 0 Å². The first-order valence-electron chi connectivity index (χ1n) is 9.64. The van der Waals surface area contributed by atoms with Crippen LogP contribution in [0, 0.1) is 6.92 Å². The molecule has 28 heavy (non-hydrogen) atoms. The van der Waals surface area contributed by atoms with E-state index in [1.807, 2.05) is 38.0 Å². The van der Waals surface area contributed by atoms with Crippen LogP contribution in [0.25, 0.3) is 0 Å². The Morgan fingerprint density at radius 2 is 1.89 bits per heavy atom. The van der Waals surface area contributed by atoms with E-state index in [1.165, 1.54) is 16.8 Å². The number of hydrogen-bond donors (Lipinski definition) is 1. The first-order valence-corrected chi connectivity index (χ1v) is 9.64. The molecule has 1 aromatic carbocycles. The number of ether oxygens (including phenoxy) is 1. The molecule has 0 fully saturated rings. The molecular weight excluding hydrogens is 465 g/mol. The van der Waals surface area contributed by atoms with E-state index in [-0.39, 0.29) is 24.0 Å². The third-order valence-corrected chi connectivity index (χ3v) is 4.74. The van der Waals surface area contributed by atoms with Gasteiger partial charge in [0.25, 0.3) is 0 Å². The Labute approximate surface area is 186 Å². The van der Waals surface area contributed by atoms with Gasteiger partial charge in [-0.25, -0.2) is 0 Å². The van der Waals surface area contributed by atoms with Crippen molar-refractivity contribution in [1.29, 1.82) is 0 Å². The fraction of sp³-hybridized carbons (Fsp3) is 0.524. The van der Waals surface area contributed by atoms with Crippen molar-refractivity contribution in [2.75, 3.05) is 27.2 Å². The van der Waals surface area contributed by atoms with Crippen molar-refractivity contribution in [2.45, 2.75) is 40.2 Å². The lowest BCUT2D eigenvalue weighted by molar-refractivity contribution is 0.281. The zero-order chi connectivity index (χ0) is 19.8. The molecule has 0 bridgehead atoms. The topological polar surface area (TPSA) is 54.7 Å². The molecule has 7 heteroatoms. The van der Waals surface area contributed by atoms with Crippen molar-refractivity contribution in [3.05, 3.63) is 46.8 Å². The number of likely N-dealkylation sites (N-methyl/N-ethyl adjacent to an activating group) is 1. The number of hydrogen-bond acceptors (Lipinski definition) is 3. The van der Waals surface area contributed by atoms with E-state index in [4.69, 9.17) is 4.74 Å². The monoisotopic (exact) mass is 499 g/mol. The second kappa shape index (κ2) is 11.9. The van der Waals surface area contributed by atoms with Crippen molar-refractivity contribution in [1.82, 2.24) is 20.0 Å². The van der Waals surface area contributed by atoms with E-state index in [1.54, 1.807) is 0 Å². The van der Waals surface area contributed by atoms with Gasteiger partial charge in [-0.3, -0.25) is 9.67 Å². The van der Waals surface area contributed by atoms with Crippen molar-refractivity contribution in [2.24, 2.45) is 12.0 Å². The number of aryl methyl sites for hydroxylation is 3. The maximum absolute atomic E-state index is 5.83. The lowest BCUT2D eigenvalue weighted by atomic mass is 10.1. The molecule has 1 aromatic heterocycles. The molecule has 2 rings (SSSR count). The first kappa shape index (κ1) is 24.3. The summed E-state index contributed by atoms with van der Waals surface area (Å²) in [6.45, 7) is 8.48. The van der Waals surface area contributed by atoms with Crippen LogP contribution < -0.4 is 10.1 Å². The number of benzene rings is 1. The van der Waals surface area contributed by atoms with Crippen molar-refractivity contribution in [3.63, 3.8) is 0 Å². The van der Waals surface area contributed by atoms with Gasteiger partial charge in [0.05, 0.1) is 12.2 Å². The average Bonchev–Trinajstić information content (AvgIpc) is 2.98. The zero-order valence-electron chi connectivity index (χ0n) is 18.0. The van der Waals surface area contributed by atoms with Crippen LogP contribution in [0.2, 0.25) is 0 Å². The van der Waals surface area contributed by atoms with Gasteiger partial charge in [0.15, 0.2) is 5.96 Å². The van der Waals surface area contributed by atoms with Gasteiger partial charge >= 0.3 is 0 Å². The maximum Gasteiger partial charge on any atom is 0.193 e. The van der Waals surface area contributed by atoms with E-state index in [0.29, 0.717) is 6.61 Å². The molecular formula is C21H34IN5O. The quantitative estimate of drug-likeness (QED) is 0.343. The highest BCUT2D eigenvalue weighted by Gasteiger charge is 2.15. The van der Waals surface area contributed by atoms with Crippen LogP contribution in [-0.2, 0) is 26.4 Å². The summed E-state index contributed by atoms with van der Waals surface area (Å²) in [6.07, 6.45) is 1.91. The highest BCUT2D eigenvalue weighted by atomic mass is 127. The summed E-state index contributed by atoms with van der Waals surface area (Å²) in [7, 11) is 5.85. The summed E-state index contributed by atoms with van der Waals surface area (Å²) < 4.78 is 7.83. The van der Waals surface area contributed by atoms with Crippen LogP contribution in [0.15, 0.2) is 29.3 Å². The highest BCUT2D eigenvalue weighted by Crippen LogP contribution is 2.15. The Bertz CT molecular complexity index is 755. The molecule has 0 unspecified atom stereocenters. The largest absolute Gasteiger partial charge is 0.492 e. The van der Waals surface area contributed by atoms with Gasteiger partial charge in [-0.2, -0.15) is 5.10 Å². The van der Waals surface area contributed by atoms with Crippen LogP contribution in [0.1, 0.15) is 36.4 Å². The van der Waals surface area contributed by atoms with Gasteiger partial charge in [0.2, 0.25) is 0 Å². The minimum absolute atomic E-state index is 0. The molecule has 0 aliphatic rings. The molecule has 0 radical (unpaired) electrons. The van der Waals surface area contributed by atoms with E-state index < -0.39 is 0 Å². The molecule has 2 aromatic rings.